The maximum absolute atomic E-state index is 12.1. The van der Waals surface area contributed by atoms with Gasteiger partial charge in [-0.25, -0.2) is 0 Å². The molecule has 0 aromatic rings. The van der Waals surface area contributed by atoms with E-state index in [0.717, 1.165) is 57.8 Å². The van der Waals surface area contributed by atoms with Gasteiger partial charge >= 0.3 is 0 Å². The van der Waals surface area contributed by atoms with E-state index in [1.807, 2.05) is 0 Å². The fourth-order valence-electron chi connectivity index (χ4n) is 3.21. The van der Waals surface area contributed by atoms with Crippen molar-refractivity contribution >= 4 is 5.91 Å². The predicted molar refractivity (Wildman–Crippen MR) is 73.9 cm³/mol. The molecule has 2 saturated heterocycles. The summed E-state index contributed by atoms with van der Waals surface area (Å²) in [6, 6.07) is 0.0924. The monoisotopic (exact) mass is 266 g/mol. The summed E-state index contributed by atoms with van der Waals surface area (Å²) < 4.78 is 6.02. The van der Waals surface area contributed by atoms with E-state index < -0.39 is 0 Å². The number of hydrogen-bond acceptors (Lipinski definition) is 3. The standard InChI is InChI=1S/C15H26N2O2/c18-15-14(5-1-2-8-16-15)17-9-3-4-13(10-17)19-11-12-6-7-12/h12-14H,1-11H2,(H,16,18)/t13-,14+/m0/s1. The lowest BCUT2D eigenvalue weighted by atomic mass is 10.0. The van der Waals surface area contributed by atoms with Crippen LogP contribution in [0.4, 0.5) is 0 Å². The van der Waals surface area contributed by atoms with Crippen LogP contribution in [0.2, 0.25) is 0 Å². The van der Waals surface area contributed by atoms with Gasteiger partial charge in [0.05, 0.1) is 12.1 Å². The van der Waals surface area contributed by atoms with E-state index >= 15 is 0 Å². The quantitative estimate of drug-likeness (QED) is 0.839. The van der Waals surface area contributed by atoms with E-state index in [-0.39, 0.29) is 11.9 Å². The molecule has 108 valence electrons. The Hall–Kier alpha value is -0.610. The molecule has 3 rings (SSSR count). The average Bonchev–Trinajstić information content (AvgIpc) is 3.24. The zero-order chi connectivity index (χ0) is 13.1. The molecule has 2 heterocycles. The van der Waals surface area contributed by atoms with E-state index in [1.54, 1.807) is 0 Å². The molecule has 0 aromatic carbocycles. The minimum absolute atomic E-state index is 0.0924. The van der Waals surface area contributed by atoms with E-state index in [9.17, 15) is 4.79 Å². The molecule has 3 fully saturated rings. The normalized spacial score (nSPS) is 33.8. The van der Waals surface area contributed by atoms with Gasteiger partial charge in [0, 0.05) is 19.7 Å². The maximum Gasteiger partial charge on any atom is 0.237 e. The minimum Gasteiger partial charge on any atom is -0.377 e. The Bertz CT molecular complexity index is 317. The van der Waals surface area contributed by atoms with Crippen LogP contribution in [-0.2, 0) is 9.53 Å². The number of carbonyl (C=O) groups excluding carboxylic acids is 1. The van der Waals surface area contributed by atoms with E-state index in [1.165, 1.54) is 19.3 Å². The zero-order valence-electron chi connectivity index (χ0n) is 11.8. The molecule has 0 unspecified atom stereocenters. The van der Waals surface area contributed by atoms with Crippen LogP contribution in [0.25, 0.3) is 0 Å². The number of hydrogen-bond donors (Lipinski definition) is 1. The van der Waals surface area contributed by atoms with Gasteiger partial charge in [0.1, 0.15) is 0 Å². The molecule has 1 saturated carbocycles. The topological polar surface area (TPSA) is 41.6 Å². The third kappa shape index (κ3) is 3.69. The maximum atomic E-state index is 12.1. The Kier molecular flexibility index (Phi) is 4.38. The SMILES string of the molecule is O=C1NCCCC[C@H]1N1CCC[C@H](OCC2CC2)C1. The average molecular weight is 266 g/mol. The van der Waals surface area contributed by atoms with Crippen molar-refractivity contribution in [3.8, 4) is 0 Å². The number of carbonyl (C=O) groups is 1. The molecule has 1 N–H and O–H groups in total. The van der Waals surface area contributed by atoms with Crippen LogP contribution in [0.1, 0.15) is 44.9 Å². The van der Waals surface area contributed by atoms with Gasteiger partial charge < -0.3 is 10.1 Å². The van der Waals surface area contributed by atoms with Gasteiger partial charge in [0.25, 0.3) is 0 Å². The summed E-state index contributed by atoms with van der Waals surface area (Å²) in [6.45, 7) is 3.80. The summed E-state index contributed by atoms with van der Waals surface area (Å²) in [5.41, 5.74) is 0. The molecule has 1 amide bonds. The number of ether oxygens (including phenoxy) is 1. The predicted octanol–water partition coefficient (Wildman–Crippen LogP) is 1.55. The van der Waals surface area contributed by atoms with Gasteiger partial charge in [-0.05, 0) is 57.4 Å². The number of nitrogens with one attached hydrogen (secondary N) is 1. The molecule has 4 nitrogen and oxygen atoms in total. The first-order valence-electron chi connectivity index (χ1n) is 7.96. The summed E-state index contributed by atoms with van der Waals surface area (Å²) in [7, 11) is 0. The lowest BCUT2D eigenvalue weighted by Crippen LogP contribution is -2.51. The Balaban J connectivity index is 1.52. The smallest absolute Gasteiger partial charge is 0.237 e. The van der Waals surface area contributed by atoms with Gasteiger partial charge in [-0.15, -0.1) is 0 Å². The molecule has 0 aromatic heterocycles. The van der Waals surface area contributed by atoms with E-state index in [0.29, 0.717) is 6.10 Å². The number of likely N-dealkylation sites (tertiary alicyclic amines) is 1. The fraction of sp³-hybridized carbons (Fsp3) is 0.933. The van der Waals surface area contributed by atoms with Crippen LogP contribution in [0, 0.1) is 5.92 Å². The van der Waals surface area contributed by atoms with Crippen molar-refractivity contribution in [1.29, 1.82) is 0 Å². The highest BCUT2D eigenvalue weighted by molar-refractivity contribution is 5.81. The molecule has 1 aliphatic carbocycles. The number of nitrogens with zero attached hydrogens (tertiary/aromatic N) is 1. The van der Waals surface area contributed by atoms with Crippen LogP contribution < -0.4 is 5.32 Å². The molecule has 4 heteroatoms. The van der Waals surface area contributed by atoms with Crippen LogP contribution >= 0.6 is 0 Å². The number of rotatable bonds is 4. The van der Waals surface area contributed by atoms with Gasteiger partial charge in [0.15, 0.2) is 0 Å². The molecular weight excluding hydrogens is 240 g/mol. The van der Waals surface area contributed by atoms with Crippen LogP contribution in [0.5, 0.6) is 0 Å². The Labute approximate surface area is 115 Å². The lowest BCUT2D eigenvalue weighted by molar-refractivity contribution is -0.128. The molecule has 2 atom stereocenters. The highest BCUT2D eigenvalue weighted by Gasteiger charge is 2.32. The Morgan fingerprint density at radius 3 is 2.89 bits per heavy atom. The highest BCUT2D eigenvalue weighted by Crippen LogP contribution is 2.30. The lowest BCUT2D eigenvalue weighted by Gasteiger charge is -2.37. The van der Waals surface area contributed by atoms with Crippen molar-refractivity contribution < 1.29 is 9.53 Å². The molecule has 0 bridgehead atoms. The van der Waals surface area contributed by atoms with Crippen LogP contribution in [0.15, 0.2) is 0 Å². The largest absolute Gasteiger partial charge is 0.377 e. The summed E-state index contributed by atoms with van der Waals surface area (Å²) >= 11 is 0. The van der Waals surface area contributed by atoms with Crippen molar-refractivity contribution in [2.75, 3.05) is 26.2 Å². The second-order valence-electron chi connectivity index (χ2n) is 6.34. The van der Waals surface area contributed by atoms with Crippen molar-refractivity contribution in [2.24, 2.45) is 5.92 Å². The summed E-state index contributed by atoms with van der Waals surface area (Å²) in [4.78, 5) is 14.5. The third-order valence-corrected chi connectivity index (χ3v) is 4.62. The molecule has 3 aliphatic rings. The first-order valence-corrected chi connectivity index (χ1v) is 7.96. The van der Waals surface area contributed by atoms with Crippen molar-refractivity contribution in [1.82, 2.24) is 10.2 Å². The summed E-state index contributed by atoms with van der Waals surface area (Å²) in [6.07, 6.45) is 8.68. The van der Waals surface area contributed by atoms with E-state index in [2.05, 4.69) is 10.2 Å². The molecular formula is C15H26N2O2. The van der Waals surface area contributed by atoms with Crippen LogP contribution in [-0.4, -0.2) is 49.2 Å². The van der Waals surface area contributed by atoms with Crippen molar-refractivity contribution in [2.45, 2.75) is 57.1 Å². The second kappa shape index (κ2) is 6.23. The van der Waals surface area contributed by atoms with E-state index in [4.69, 9.17) is 4.74 Å². The number of piperidine rings is 1. The van der Waals surface area contributed by atoms with Gasteiger partial charge in [0.2, 0.25) is 5.91 Å². The minimum atomic E-state index is 0.0924. The van der Waals surface area contributed by atoms with Gasteiger partial charge in [-0.1, -0.05) is 0 Å². The van der Waals surface area contributed by atoms with Crippen LogP contribution in [0.3, 0.4) is 0 Å². The molecule has 2 aliphatic heterocycles. The molecule has 0 spiro atoms. The van der Waals surface area contributed by atoms with Crippen molar-refractivity contribution in [3.05, 3.63) is 0 Å². The summed E-state index contributed by atoms with van der Waals surface area (Å²) in [5, 5.41) is 3.05. The second-order valence-corrected chi connectivity index (χ2v) is 6.34. The molecule has 19 heavy (non-hydrogen) atoms. The fourth-order valence-corrected chi connectivity index (χ4v) is 3.21. The first kappa shape index (κ1) is 13.4. The third-order valence-electron chi connectivity index (χ3n) is 4.62. The van der Waals surface area contributed by atoms with Crippen molar-refractivity contribution in [3.63, 3.8) is 0 Å². The van der Waals surface area contributed by atoms with Gasteiger partial charge in [-0.3, -0.25) is 9.69 Å². The number of amides is 1. The Morgan fingerprint density at radius 1 is 1.16 bits per heavy atom. The highest BCUT2D eigenvalue weighted by atomic mass is 16.5. The first-order chi connectivity index (χ1) is 9.33. The Morgan fingerprint density at radius 2 is 2.05 bits per heavy atom. The molecule has 0 radical (unpaired) electrons. The zero-order valence-corrected chi connectivity index (χ0v) is 11.8. The van der Waals surface area contributed by atoms with Gasteiger partial charge in [-0.2, -0.15) is 0 Å². The summed E-state index contributed by atoms with van der Waals surface area (Å²) in [5.74, 6) is 1.07.